The van der Waals surface area contributed by atoms with Crippen molar-refractivity contribution >= 4 is 17.2 Å². The molecule has 1 aromatic heterocycles. The highest BCUT2D eigenvalue weighted by Crippen LogP contribution is 2.27. The molecular weight excluding hydrogens is 286 g/mol. The molecule has 1 amide bonds. The van der Waals surface area contributed by atoms with Crippen LogP contribution < -0.4 is 10.6 Å². The Hall–Kier alpha value is -0.980. The highest BCUT2D eigenvalue weighted by Gasteiger charge is 2.20. The number of hydrogen-bond donors (Lipinski definition) is 2. The van der Waals surface area contributed by atoms with Gasteiger partial charge < -0.3 is 15.4 Å². The van der Waals surface area contributed by atoms with Crippen LogP contribution in [0.3, 0.4) is 0 Å². The molecular formula is C15H25N3O2S. The van der Waals surface area contributed by atoms with E-state index in [1.54, 1.807) is 11.3 Å². The zero-order chi connectivity index (χ0) is 14.9. The van der Waals surface area contributed by atoms with Gasteiger partial charge >= 0.3 is 0 Å². The third-order valence-electron chi connectivity index (χ3n) is 3.54. The van der Waals surface area contributed by atoms with Gasteiger partial charge in [0.1, 0.15) is 5.69 Å². The maximum absolute atomic E-state index is 12.0. The van der Waals surface area contributed by atoms with E-state index in [1.807, 2.05) is 5.38 Å². The van der Waals surface area contributed by atoms with E-state index < -0.39 is 0 Å². The average molecular weight is 311 g/mol. The molecule has 6 heteroatoms. The molecule has 2 rings (SSSR count). The van der Waals surface area contributed by atoms with E-state index in [2.05, 4.69) is 22.5 Å². The van der Waals surface area contributed by atoms with Crippen molar-refractivity contribution in [3.05, 3.63) is 16.1 Å². The lowest BCUT2D eigenvalue weighted by molar-refractivity contribution is 0.0937. The van der Waals surface area contributed by atoms with E-state index in [0.717, 1.165) is 50.4 Å². The zero-order valence-electron chi connectivity index (χ0n) is 12.7. The topological polar surface area (TPSA) is 63.2 Å². The van der Waals surface area contributed by atoms with Crippen LogP contribution in [0.15, 0.2) is 5.38 Å². The summed E-state index contributed by atoms with van der Waals surface area (Å²) < 4.78 is 5.38. The van der Waals surface area contributed by atoms with E-state index in [-0.39, 0.29) is 5.91 Å². The van der Waals surface area contributed by atoms with Crippen molar-refractivity contribution in [3.8, 4) is 0 Å². The van der Waals surface area contributed by atoms with Crippen LogP contribution in [0.4, 0.5) is 0 Å². The van der Waals surface area contributed by atoms with Gasteiger partial charge in [-0.05, 0) is 38.8 Å². The van der Waals surface area contributed by atoms with Crippen molar-refractivity contribution in [3.63, 3.8) is 0 Å². The molecule has 0 radical (unpaired) electrons. The molecule has 1 aromatic rings. The fraction of sp³-hybridized carbons (Fsp3) is 0.733. The number of thiazole rings is 1. The summed E-state index contributed by atoms with van der Waals surface area (Å²) in [7, 11) is 0. The minimum absolute atomic E-state index is 0.0677. The van der Waals surface area contributed by atoms with E-state index >= 15 is 0 Å². The Bertz CT molecular complexity index is 430. The Kier molecular flexibility index (Phi) is 7.12. The molecule has 0 unspecified atom stereocenters. The van der Waals surface area contributed by atoms with Crippen LogP contribution >= 0.6 is 11.3 Å². The molecule has 0 aliphatic carbocycles. The first-order valence-electron chi connectivity index (χ1n) is 7.83. The summed E-state index contributed by atoms with van der Waals surface area (Å²) in [6, 6.07) is 0. The molecule has 0 aromatic carbocycles. The number of nitrogens with zero attached hydrogens (tertiary/aromatic N) is 1. The predicted molar refractivity (Wildman–Crippen MR) is 85.0 cm³/mol. The highest BCUT2D eigenvalue weighted by molar-refractivity contribution is 7.09. The SMILES string of the molecule is CCCOCCCNC(=O)c1csc(C2CCNCC2)n1. The lowest BCUT2D eigenvalue weighted by Gasteiger charge is -2.20. The van der Waals surface area contributed by atoms with Crippen molar-refractivity contribution in [1.82, 2.24) is 15.6 Å². The van der Waals surface area contributed by atoms with Crippen LogP contribution in [-0.2, 0) is 4.74 Å². The zero-order valence-corrected chi connectivity index (χ0v) is 13.5. The summed E-state index contributed by atoms with van der Waals surface area (Å²) >= 11 is 1.61. The molecule has 2 N–H and O–H groups in total. The number of ether oxygens (including phenoxy) is 1. The predicted octanol–water partition coefficient (Wildman–Crippen LogP) is 2.16. The minimum Gasteiger partial charge on any atom is -0.381 e. The molecule has 0 saturated carbocycles. The number of rotatable bonds is 8. The van der Waals surface area contributed by atoms with Crippen LogP contribution in [0, 0.1) is 0 Å². The summed E-state index contributed by atoms with van der Waals surface area (Å²) in [5, 5.41) is 9.23. The van der Waals surface area contributed by atoms with Crippen molar-refractivity contribution in [2.24, 2.45) is 0 Å². The van der Waals surface area contributed by atoms with Crippen LogP contribution in [0.1, 0.15) is 54.0 Å². The standard InChI is InChI=1S/C15H25N3O2S/c1-2-9-20-10-3-6-17-14(19)13-11-21-15(18-13)12-4-7-16-8-5-12/h11-12,16H,2-10H2,1H3,(H,17,19). The number of piperidine rings is 1. The minimum atomic E-state index is -0.0677. The first-order chi connectivity index (χ1) is 10.3. The average Bonchev–Trinajstić information content (AvgIpc) is 3.01. The summed E-state index contributed by atoms with van der Waals surface area (Å²) in [4.78, 5) is 16.5. The largest absolute Gasteiger partial charge is 0.381 e. The Labute approximate surface area is 130 Å². The smallest absolute Gasteiger partial charge is 0.270 e. The van der Waals surface area contributed by atoms with Gasteiger partial charge in [-0.15, -0.1) is 11.3 Å². The third kappa shape index (κ3) is 5.37. The Balaban J connectivity index is 1.71. The number of carbonyl (C=O) groups is 1. The molecule has 118 valence electrons. The van der Waals surface area contributed by atoms with Gasteiger partial charge in [0.05, 0.1) is 5.01 Å². The number of hydrogen-bond acceptors (Lipinski definition) is 5. The van der Waals surface area contributed by atoms with Gasteiger partial charge in [0.25, 0.3) is 5.91 Å². The van der Waals surface area contributed by atoms with Gasteiger partial charge in [-0.2, -0.15) is 0 Å². The lowest BCUT2D eigenvalue weighted by Crippen LogP contribution is -2.27. The molecule has 1 fully saturated rings. The fourth-order valence-electron chi connectivity index (χ4n) is 2.36. The second-order valence-corrected chi connectivity index (χ2v) is 6.21. The van der Waals surface area contributed by atoms with E-state index in [1.165, 1.54) is 0 Å². The van der Waals surface area contributed by atoms with Crippen LogP contribution in [0.25, 0.3) is 0 Å². The van der Waals surface area contributed by atoms with Gasteiger partial charge in [-0.25, -0.2) is 4.98 Å². The lowest BCUT2D eigenvalue weighted by atomic mass is 9.99. The van der Waals surface area contributed by atoms with E-state index in [9.17, 15) is 4.79 Å². The normalized spacial score (nSPS) is 16.0. The maximum atomic E-state index is 12.0. The summed E-state index contributed by atoms with van der Waals surface area (Å²) in [6.45, 7) is 6.31. The molecule has 1 saturated heterocycles. The number of carbonyl (C=O) groups excluding carboxylic acids is 1. The van der Waals surface area contributed by atoms with Gasteiger partial charge in [0.15, 0.2) is 0 Å². The third-order valence-corrected chi connectivity index (χ3v) is 4.55. The van der Waals surface area contributed by atoms with E-state index in [0.29, 0.717) is 24.8 Å². The molecule has 1 aliphatic heterocycles. The van der Waals surface area contributed by atoms with Crippen LogP contribution in [0.5, 0.6) is 0 Å². The van der Waals surface area contributed by atoms with Crippen LogP contribution in [-0.4, -0.2) is 43.7 Å². The van der Waals surface area contributed by atoms with Gasteiger partial charge in [0, 0.05) is 31.1 Å². The van der Waals surface area contributed by atoms with Crippen molar-refractivity contribution in [2.45, 2.75) is 38.5 Å². The van der Waals surface area contributed by atoms with Gasteiger partial charge in [0.2, 0.25) is 0 Å². The second-order valence-electron chi connectivity index (χ2n) is 5.32. The summed E-state index contributed by atoms with van der Waals surface area (Å²) in [5.74, 6) is 0.446. The summed E-state index contributed by atoms with van der Waals surface area (Å²) in [6.07, 6.45) is 4.11. The first kappa shape index (κ1) is 16.4. The monoisotopic (exact) mass is 311 g/mol. The molecule has 0 bridgehead atoms. The molecule has 0 spiro atoms. The van der Waals surface area contributed by atoms with E-state index in [4.69, 9.17) is 4.74 Å². The second kappa shape index (κ2) is 9.12. The molecule has 21 heavy (non-hydrogen) atoms. The Morgan fingerprint density at radius 3 is 3.05 bits per heavy atom. The molecule has 2 heterocycles. The van der Waals surface area contributed by atoms with Crippen molar-refractivity contribution < 1.29 is 9.53 Å². The first-order valence-corrected chi connectivity index (χ1v) is 8.71. The number of amides is 1. The quantitative estimate of drug-likeness (QED) is 0.722. The Morgan fingerprint density at radius 2 is 2.29 bits per heavy atom. The molecule has 5 nitrogen and oxygen atoms in total. The number of aromatic nitrogens is 1. The summed E-state index contributed by atoms with van der Waals surface area (Å²) in [5.41, 5.74) is 0.558. The Morgan fingerprint density at radius 1 is 1.48 bits per heavy atom. The van der Waals surface area contributed by atoms with Gasteiger partial charge in [-0.3, -0.25) is 4.79 Å². The maximum Gasteiger partial charge on any atom is 0.270 e. The highest BCUT2D eigenvalue weighted by atomic mass is 32.1. The number of nitrogens with one attached hydrogen (secondary N) is 2. The van der Waals surface area contributed by atoms with Gasteiger partial charge in [-0.1, -0.05) is 6.92 Å². The van der Waals surface area contributed by atoms with Crippen molar-refractivity contribution in [2.75, 3.05) is 32.8 Å². The fourth-order valence-corrected chi connectivity index (χ4v) is 3.33. The molecule has 1 aliphatic rings. The molecule has 0 atom stereocenters. The van der Waals surface area contributed by atoms with Crippen LogP contribution in [0.2, 0.25) is 0 Å². The van der Waals surface area contributed by atoms with Crippen molar-refractivity contribution in [1.29, 1.82) is 0 Å².